The molecule has 0 saturated carbocycles. The fraction of sp³-hybridized carbons (Fsp3) is 0.538. The van der Waals surface area contributed by atoms with Crippen molar-refractivity contribution in [2.24, 2.45) is 0 Å². The number of pyridine rings is 1. The quantitative estimate of drug-likeness (QED) is 0.295. The lowest BCUT2D eigenvalue weighted by Gasteiger charge is -2.34. The van der Waals surface area contributed by atoms with Crippen LogP contribution in [0.4, 0.5) is 29.1 Å². The largest absolute Gasteiger partial charge is 0.433 e. The van der Waals surface area contributed by atoms with Crippen LogP contribution in [0.5, 0.6) is 0 Å². The van der Waals surface area contributed by atoms with Gasteiger partial charge >= 0.3 is 6.18 Å². The van der Waals surface area contributed by atoms with Crippen LogP contribution in [0, 0.1) is 5.82 Å². The molecule has 0 bridgehead atoms. The molecule has 39 heavy (non-hydrogen) atoms. The minimum absolute atomic E-state index is 0.0435. The Kier molecular flexibility index (Phi) is 10.2. The van der Waals surface area contributed by atoms with Crippen LogP contribution >= 0.6 is 0 Å². The highest BCUT2D eigenvalue weighted by Gasteiger charge is 2.34. The minimum atomic E-state index is -4.62. The van der Waals surface area contributed by atoms with Crippen LogP contribution < -0.4 is 14.9 Å². The molecule has 2 heterocycles. The van der Waals surface area contributed by atoms with Gasteiger partial charge in [-0.2, -0.15) is 13.2 Å². The summed E-state index contributed by atoms with van der Waals surface area (Å²) in [6.45, 7) is 5.13. The van der Waals surface area contributed by atoms with Crippen LogP contribution in [0.1, 0.15) is 62.3 Å². The highest BCUT2D eigenvalue weighted by molar-refractivity contribution is 7.92. The number of halogens is 4. The first kappa shape index (κ1) is 30.6. The Morgan fingerprint density at radius 3 is 2.49 bits per heavy atom. The third-order valence-electron chi connectivity index (χ3n) is 6.47. The number of hydrogen-bond acceptors (Lipinski definition) is 6. The molecule has 0 aliphatic carbocycles. The summed E-state index contributed by atoms with van der Waals surface area (Å²) in [6, 6.07) is 5.92. The Morgan fingerprint density at radius 2 is 1.90 bits per heavy atom. The van der Waals surface area contributed by atoms with E-state index in [1.165, 1.54) is 18.2 Å². The molecule has 1 atom stereocenters. The molecule has 1 aliphatic heterocycles. The number of alkyl halides is 3. The fourth-order valence-corrected chi connectivity index (χ4v) is 4.81. The number of aromatic nitrogens is 1. The molecule has 1 aromatic heterocycles. The molecule has 1 amide bonds. The Morgan fingerprint density at radius 1 is 1.21 bits per heavy atom. The van der Waals surface area contributed by atoms with Crippen molar-refractivity contribution < 1.29 is 35.5 Å². The lowest BCUT2D eigenvalue weighted by molar-refractivity contribution is -0.141. The van der Waals surface area contributed by atoms with Crippen molar-refractivity contribution in [1.82, 2.24) is 10.3 Å². The molecule has 216 valence electrons. The Hall–Kier alpha value is -2.93. The molecule has 1 aromatic carbocycles. The van der Waals surface area contributed by atoms with Crippen molar-refractivity contribution in [2.75, 3.05) is 35.6 Å². The number of sulfonamides is 1. The van der Waals surface area contributed by atoms with Crippen molar-refractivity contribution in [3.8, 4) is 0 Å². The van der Waals surface area contributed by atoms with Gasteiger partial charge < -0.3 is 15.0 Å². The molecule has 1 saturated heterocycles. The Balaban J connectivity index is 1.71. The summed E-state index contributed by atoms with van der Waals surface area (Å²) >= 11 is 0. The average Bonchev–Trinajstić information content (AvgIpc) is 2.87. The number of carbonyl (C=O) groups is 1. The number of piperidine rings is 1. The molecular formula is C26H34F4N4O4S. The molecule has 2 aromatic rings. The number of benzene rings is 1. The van der Waals surface area contributed by atoms with Gasteiger partial charge in [-0.15, -0.1) is 0 Å². The van der Waals surface area contributed by atoms with Gasteiger partial charge in [-0.05, 0) is 49.9 Å². The van der Waals surface area contributed by atoms with E-state index < -0.39 is 39.5 Å². The van der Waals surface area contributed by atoms with Crippen molar-refractivity contribution in [3.05, 3.63) is 53.0 Å². The van der Waals surface area contributed by atoms with Gasteiger partial charge in [0.1, 0.15) is 17.3 Å². The van der Waals surface area contributed by atoms with Crippen LogP contribution in [0.2, 0.25) is 0 Å². The van der Waals surface area contributed by atoms with Crippen LogP contribution in [-0.2, 0) is 32.3 Å². The second kappa shape index (κ2) is 12.9. The van der Waals surface area contributed by atoms with Gasteiger partial charge in [-0.1, -0.05) is 25.5 Å². The first-order valence-electron chi connectivity index (χ1n) is 12.8. The van der Waals surface area contributed by atoms with Crippen molar-refractivity contribution in [1.29, 1.82) is 0 Å². The third-order valence-corrected chi connectivity index (χ3v) is 7.06. The standard InChI is InChI=1S/C26H34F4N4O4S/c1-4-5-14-38-20-10-12-34(13-11-20)24-19(7-9-23(32-24)26(28,29)30)16-31-25(35)17(2)18-6-8-22(21(27)15-18)33-39(3,36)37/h6-9,15,17,20,33H,4-5,10-14,16H2,1-3H3,(H,31,35). The third kappa shape index (κ3) is 8.79. The molecule has 13 heteroatoms. The fourth-order valence-electron chi connectivity index (χ4n) is 4.25. The zero-order chi connectivity index (χ0) is 28.8. The van der Waals surface area contributed by atoms with Crippen LogP contribution in [0.25, 0.3) is 0 Å². The zero-order valence-corrected chi connectivity index (χ0v) is 23.0. The summed E-state index contributed by atoms with van der Waals surface area (Å²) in [7, 11) is -3.68. The predicted molar refractivity (Wildman–Crippen MR) is 140 cm³/mol. The van der Waals surface area contributed by atoms with Gasteiger partial charge in [-0.25, -0.2) is 17.8 Å². The molecule has 1 fully saturated rings. The number of carbonyl (C=O) groups excluding carboxylic acids is 1. The molecular weight excluding hydrogens is 540 g/mol. The summed E-state index contributed by atoms with van der Waals surface area (Å²) in [5.74, 6) is -1.97. The summed E-state index contributed by atoms with van der Waals surface area (Å²) in [4.78, 5) is 18.5. The number of unbranched alkanes of at least 4 members (excludes halogenated alkanes) is 1. The van der Waals surface area contributed by atoms with E-state index in [0.29, 0.717) is 43.7 Å². The highest BCUT2D eigenvalue weighted by Crippen LogP contribution is 2.32. The van der Waals surface area contributed by atoms with Crippen molar-refractivity contribution in [3.63, 3.8) is 0 Å². The monoisotopic (exact) mass is 574 g/mol. The van der Waals surface area contributed by atoms with Crippen LogP contribution in [-0.4, -0.2) is 51.4 Å². The predicted octanol–water partition coefficient (Wildman–Crippen LogP) is 4.82. The van der Waals surface area contributed by atoms with E-state index >= 15 is 0 Å². The lowest BCUT2D eigenvalue weighted by Crippen LogP contribution is -2.39. The number of nitrogens with zero attached hydrogens (tertiary/aromatic N) is 2. The summed E-state index contributed by atoms with van der Waals surface area (Å²) in [5.41, 5.74) is -0.526. The second-order valence-electron chi connectivity index (χ2n) is 9.64. The summed E-state index contributed by atoms with van der Waals surface area (Å²) in [5, 5.41) is 2.70. The maximum Gasteiger partial charge on any atom is 0.433 e. The molecule has 0 spiro atoms. The topological polar surface area (TPSA) is 101 Å². The van der Waals surface area contributed by atoms with Gasteiger partial charge in [0, 0.05) is 31.8 Å². The Bertz CT molecular complexity index is 1250. The molecule has 0 radical (unpaired) electrons. The zero-order valence-electron chi connectivity index (χ0n) is 22.1. The van der Waals surface area contributed by atoms with Crippen LogP contribution in [0.3, 0.4) is 0 Å². The normalized spacial score (nSPS) is 15.7. The van der Waals surface area contributed by atoms with Gasteiger partial charge in [0.15, 0.2) is 0 Å². The number of anilines is 2. The molecule has 2 N–H and O–H groups in total. The van der Waals surface area contributed by atoms with Gasteiger partial charge in [0.05, 0.1) is 24.0 Å². The summed E-state index contributed by atoms with van der Waals surface area (Å²) < 4.78 is 85.3. The number of nitrogens with one attached hydrogen (secondary N) is 2. The smallest absolute Gasteiger partial charge is 0.378 e. The first-order chi connectivity index (χ1) is 18.3. The maximum absolute atomic E-state index is 14.4. The van der Waals surface area contributed by atoms with E-state index in [9.17, 15) is 30.8 Å². The Labute approximate surface area is 226 Å². The summed E-state index contributed by atoms with van der Waals surface area (Å²) in [6.07, 6.45) is -0.408. The van der Waals surface area contributed by atoms with Gasteiger partial charge in [-0.3, -0.25) is 9.52 Å². The molecule has 8 nitrogen and oxygen atoms in total. The van der Waals surface area contributed by atoms with Gasteiger partial charge in [0.25, 0.3) is 0 Å². The molecule has 1 unspecified atom stereocenters. The highest BCUT2D eigenvalue weighted by atomic mass is 32.2. The van der Waals surface area contributed by atoms with Crippen molar-refractivity contribution >= 4 is 27.4 Å². The van der Waals surface area contributed by atoms with Gasteiger partial charge in [0.2, 0.25) is 15.9 Å². The maximum atomic E-state index is 14.4. The van der Waals surface area contributed by atoms with E-state index in [-0.39, 0.29) is 24.2 Å². The number of hydrogen-bond donors (Lipinski definition) is 2. The first-order valence-corrected chi connectivity index (χ1v) is 14.7. The van der Waals surface area contributed by atoms with E-state index in [1.54, 1.807) is 11.8 Å². The van der Waals surface area contributed by atoms with Crippen LogP contribution in [0.15, 0.2) is 30.3 Å². The SMILES string of the molecule is CCCCOC1CCN(c2nc(C(F)(F)F)ccc2CNC(=O)C(C)c2ccc(NS(C)(=O)=O)c(F)c2)CC1. The van der Waals surface area contributed by atoms with Crippen molar-refractivity contribution in [2.45, 2.75) is 64.3 Å². The number of rotatable bonds is 11. The molecule has 3 rings (SSSR count). The van der Waals surface area contributed by atoms with E-state index in [2.05, 4.69) is 21.9 Å². The van der Waals surface area contributed by atoms with E-state index in [0.717, 1.165) is 31.2 Å². The lowest BCUT2D eigenvalue weighted by atomic mass is 9.99. The number of ether oxygens (including phenoxy) is 1. The second-order valence-corrected chi connectivity index (χ2v) is 11.4. The minimum Gasteiger partial charge on any atom is -0.378 e. The van der Waals surface area contributed by atoms with E-state index in [4.69, 9.17) is 4.74 Å². The number of amides is 1. The average molecular weight is 575 g/mol. The van der Waals surface area contributed by atoms with E-state index in [1.807, 2.05) is 0 Å². The molecule has 1 aliphatic rings.